The number of hydrogen-bond donors (Lipinski definition) is 1. The standard InChI is InChI=1S/C16H16ClNO/c17-18-16(10-11-19)12-13-6-8-15(9-7-13)14-4-2-1-3-5-14/h1-9,11,16,18H,10,12H2/t16-/m0/s1. The van der Waals surface area contributed by atoms with Crippen molar-refractivity contribution >= 4 is 18.1 Å². The van der Waals surface area contributed by atoms with Gasteiger partial charge < -0.3 is 4.79 Å². The Kier molecular flexibility index (Phi) is 5.13. The molecular weight excluding hydrogens is 258 g/mol. The van der Waals surface area contributed by atoms with Gasteiger partial charge in [-0.1, -0.05) is 54.6 Å². The van der Waals surface area contributed by atoms with Gasteiger partial charge in [0.15, 0.2) is 0 Å². The number of aldehydes is 1. The van der Waals surface area contributed by atoms with Crippen molar-refractivity contribution in [3.8, 4) is 11.1 Å². The average Bonchev–Trinajstić information content (AvgIpc) is 2.48. The first kappa shape index (κ1) is 13.8. The Morgan fingerprint density at radius 1 is 1.00 bits per heavy atom. The number of halogens is 1. The van der Waals surface area contributed by atoms with Crippen LogP contribution in [-0.4, -0.2) is 12.3 Å². The van der Waals surface area contributed by atoms with Gasteiger partial charge in [-0.25, -0.2) is 4.84 Å². The third-order valence-corrected chi connectivity index (χ3v) is 3.39. The first-order chi connectivity index (χ1) is 9.33. The molecule has 3 heteroatoms. The van der Waals surface area contributed by atoms with E-state index in [1.54, 1.807) is 0 Å². The average molecular weight is 274 g/mol. The summed E-state index contributed by atoms with van der Waals surface area (Å²) in [5.74, 6) is 0. The molecule has 1 atom stereocenters. The topological polar surface area (TPSA) is 29.1 Å². The maximum Gasteiger partial charge on any atom is 0.121 e. The monoisotopic (exact) mass is 273 g/mol. The zero-order chi connectivity index (χ0) is 13.5. The van der Waals surface area contributed by atoms with Gasteiger partial charge in [0.25, 0.3) is 0 Å². The molecule has 19 heavy (non-hydrogen) atoms. The fourth-order valence-corrected chi connectivity index (χ4v) is 2.20. The number of carbonyl (C=O) groups is 1. The fourth-order valence-electron chi connectivity index (χ4n) is 2.03. The molecule has 2 rings (SSSR count). The van der Waals surface area contributed by atoms with Crippen LogP contribution in [0.2, 0.25) is 0 Å². The third-order valence-electron chi connectivity index (χ3n) is 3.08. The molecular formula is C16H16ClNO. The van der Waals surface area contributed by atoms with Crippen molar-refractivity contribution in [3.63, 3.8) is 0 Å². The Morgan fingerprint density at radius 3 is 2.21 bits per heavy atom. The zero-order valence-electron chi connectivity index (χ0n) is 10.6. The van der Waals surface area contributed by atoms with Crippen LogP contribution in [0.25, 0.3) is 11.1 Å². The quantitative estimate of drug-likeness (QED) is 0.644. The smallest absolute Gasteiger partial charge is 0.121 e. The second kappa shape index (κ2) is 7.07. The van der Waals surface area contributed by atoms with E-state index in [9.17, 15) is 4.79 Å². The Morgan fingerprint density at radius 2 is 1.63 bits per heavy atom. The van der Waals surface area contributed by atoms with Crippen LogP contribution in [-0.2, 0) is 11.2 Å². The molecule has 2 aromatic carbocycles. The van der Waals surface area contributed by atoms with Crippen molar-refractivity contribution in [3.05, 3.63) is 60.2 Å². The highest BCUT2D eigenvalue weighted by molar-refractivity contribution is 6.13. The van der Waals surface area contributed by atoms with Crippen LogP contribution in [0.3, 0.4) is 0 Å². The van der Waals surface area contributed by atoms with E-state index in [1.807, 2.05) is 18.2 Å². The van der Waals surface area contributed by atoms with Crippen LogP contribution >= 0.6 is 11.8 Å². The van der Waals surface area contributed by atoms with Gasteiger partial charge in [-0.3, -0.25) is 0 Å². The molecule has 2 aromatic rings. The van der Waals surface area contributed by atoms with E-state index in [0.29, 0.717) is 6.42 Å². The van der Waals surface area contributed by atoms with Crippen molar-refractivity contribution in [2.45, 2.75) is 18.9 Å². The van der Waals surface area contributed by atoms with Gasteiger partial charge in [0, 0.05) is 12.5 Å². The van der Waals surface area contributed by atoms with E-state index in [2.05, 4.69) is 41.2 Å². The number of hydrogen-bond acceptors (Lipinski definition) is 2. The summed E-state index contributed by atoms with van der Waals surface area (Å²) in [6, 6.07) is 18.6. The van der Waals surface area contributed by atoms with E-state index < -0.39 is 0 Å². The number of carbonyl (C=O) groups excluding carboxylic acids is 1. The molecule has 0 amide bonds. The second-order valence-electron chi connectivity index (χ2n) is 4.48. The highest BCUT2D eigenvalue weighted by Crippen LogP contribution is 2.19. The molecule has 0 fully saturated rings. The molecule has 0 bridgehead atoms. The van der Waals surface area contributed by atoms with Crippen LogP contribution in [0.15, 0.2) is 54.6 Å². The highest BCUT2D eigenvalue weighted by atomic mass is 35.5. The summed E-state index contributed by atoms with van der Waals surface area (Å²) in [5, 5.41) is 0. The Labute approximate surface area is 118 Å². The van der Waals surface area contributed by atoms with Crippen molar-refractivity contribution < 1.29 is 4.79 Å². The summed E-state index contributed by atoms with van der Waals surface area (Å²) in [6.07, 6.45) is 2.06. The lowest BCUT2D eigenvalue weighted by Crippen LogP contribution is -2.23. The van der Waals surface area contributed by atoms with E-state index in [0.717, 1.165) is 12.7 Å². The molecule has 0 spiro atoms. The van der Waals surface area contributed by atoms with Crippen molar-refractivity contribution in [2.24, 2.45) is 0 Å². The van der Waals surface area contributed by atoms with Crippen LogP contribution in [0.5, 0.6) is 0 Å². The molecule has 0 heterocycles. The molecule has 98 valence electrons. The molecule has 2 nitrogen and oxygen atoms in total. The molecule has 0 saturated heterocycles. The van der Waals surface area contributed by atoms with Gasteiger partial charge in [-0.15, -0.1) is 0 Å². The summed E-state index contributed by atoms with van der Waals surface area (Å²) < 4.78 is 0. The molecule has 1 N–H and O–H groups in total. The van der Waals surface area contributed by atoms with Crippen molar-refractivity contribution in [2.75, 3.05) is 0 Å². The van der Waals surface area contributed by atoms with Gasteiger partial charge in [0.2, 0.25) is 0 Å². The predicted octanol–water partition coefficient (Wildman–Crippen LogP) is 3.60. The summed E-state index contributed by atoms with van der Waals surface area (Å²) in [7, 11) is 0. The predicted molar refractivity (Wildman–Crippen MR) is 79.0 cm³/mol. The normalized spacial score (nSPS) is 12.1. The highest BCUT2D eigenvalue weighted by Gasteiger charge is 2.07. The molecule has 0 radical (unpaired) electrons. The minimum absolute atomic E-state index is 0.0123. The lowest BCUT2D eigenvalue weighted by Gasteiger charge is -2.11. The number of nitrogens with one attached hydrogen (secondary N) is 1. The molecule has 0 aliphatic rings. The largest absolute Gasteiger partial charge is 0.303 e. The lowest BCUT2D eigenvalue weighted by molar-refractivity contribution is -0.108. The first-order valence-corrected chi connectivity index (χ1v) is 6.65. The van der Waals surface area contributed by atoms with E-state index in [-0.39, 0.29) is 6.04 Å². The first-order valence-electron chi connectivity index (χ1n) is 6.27. The molecule has 0 aliphatic carbocycles. The van der Waals surface area contributed by atoms with Crippen LogP contribution in [0.4, 0.5) is 0 Å². The summed E-state index contributed by atoms with van der Waals surface area (Å²) in [4.78, 5) is 13.1. The van der Waals surface area contributed by atoms with Crippen LogP contribution in [0.1, 0.15) is 12.0 Å². The van der Waals surface area contributed by atoms with E-state index in [1.165, 1.54) is 16.7 Å². The Bertz CT molecular complexity index is 510. The summed E-state index contributed by atoms with van der Waals surface area (Å²) in [5.41, 5.74) is 3.56. The third kappa shape index (κ3) is 3.91. The molecule has 0 aliphatic heterocycles. The molecule has 0 saturated carbocycles. The van der Waals surface area contributed by atoms with Crippen molar-refractivity contribution in [1.82, 2.24) is 4.84 Å². The van der Waals surface area contributed by atoms with Gasteiger partial charge in [0.1, 0.15) is 6.29 Å². The fraction of sp³-hybridized carbons (Fsp3) is 0.188. The van der Waals surface area contributed by atoms with Gasteiger partial charge in [0.05, 0.1) is 0 Å². The molecule has 0 aromatic heterocycles. The minimum Gasteiger partial charge on any atom is -0.303 e. The second-order valence-corrected chi connectivity index (χ2v) is 4.69. The number of rotatable bonds is 6. The maximum absolute atomic E-state index is 10.5. The summed E-state index contributed by atoms with van der Waals surface area (Å²) >= 11 is 5.61. The lowest BCUT2D eigenvalue weighted by atomic mass is 10.00. The van der Waals surface area contributed by atoms with Gasteiger partial charge >= 0.3 is 0 Å². The Hall–Kier alpha value is -1.64. The molecule has 0 unspecified atom stereocenters. The summed E-state index contributed by atoms with van der Waals surface area (Å²) in [6.45, 7) is 0. The van der Waals surface area contributed by atoms with Gasteiger partial charge in [-0.2, -0.15) is 0 Å². The van der Waals surface area contributed by atoms with Crippen LogP contribution < -0.4 is 4.84 Å². The zero-order valence-corrected chi connectivity index (χ0v) is 11.3. The van der Waals surface area contributed by atoms with E-state index >= 15 is 0 Å². The maximum atomic E-state index is 10.5. The van der Waals surface area contributed by atoms with Gasteiger partial charge in [-0.05, 0) is 34.9 Å². The SMILES string of the molecule is O=CC[C@@H](Cc1ccc(-c2ccccc2)cc1)NCl. The number of benzene rings is 2. The Balaban J connectivity index is 2.08. The van der Waals surface area contributed by atoms with E-state index in [4.69, 9.17) is 11.8 Å². The minimum atomic E-state index is -0.0123. The van der Waals surface area contributed by atoms with Crippen LogP contribution in [0, 0.1) is 0 Å². The van der Waals surface area contributed by atoms with Crippen molar-refractivity contribution in [1.29, 1.82) is 0 Å².